The van der Waals surface area contributed by atoms with E-state index < -0.39 is 102 Å². The largest absolute Gasteiger partial charge is 0.508 e. The zero-order valence-corrected chi connectivity index (χ0v) is 30.7. The number of hydrogen-bond acceptors (Lipinski definition) is 15. The molecule has 6 rings (SSSR count). The molecule has 0 spiro atoms. The molecule has 6 atom stereocenters. The number of benzene rings is 2. The Morgan fingerprint density at radius 2 is 1.59 bits per heavy atom. The summed E-state index contributed by atoms with van der Waals surface area (Å²) >= 11 is 1.25. The van der Waals surface area contributed by atoms with Crippen LogP contribution < -0.4 is 10.6 Å². The number of phenols is 1. The molecule has 4 aliphatic rings. The molecule has 4 heterocycles. The molecule has 0 aromatic heterocycles. The number of aromatic hydroxyl groups is 1. The summed E-state index contributed by atoms with van der Waals surface area (Å²) in [7, 11) is -3.89. The van der Waals surface area contributed by atoms with E-state index in [1.165, 1.54) is 79.0 Å². The Balaban J connectivity index is 1.07. The van der Waals surface area contributed by atoms with E-state index in [4.69, 9.17) is 14.2 Å². The number of rotatable bonds is 11. The van der Waals surface area contributed by atoms with Crippen molar-refractivity contribution in [2.75, 3.05) is 6.79 Å². The smallest absolute Gasteiger partial charge is 0.410 e. The highest BCUT2D eigenvalue weighted by molar-refractivity contribution is 8.01. The number of β-lactam (4-membered cyclic amide) rings is 2. The molecule has 0 saturated carbocycles. The lowest BCUT2D eigenvalue weighted by Gasteiger charge is -2.44. The van der Waals surface area contributed by atoms with Crippen molar-refractivity contribution in [2.45, 2.75) is 85.1 Å². The van der Waals surface area contributed by atoms with Gasteiger partial charge in [-0.2, -0.15) is 0 Å². The fourth-order valence-corrected chi connectivity index (χ4v) is 10.6. The number of alkyl carbamates (subject to hydrolysis) is 1. The van der Waals surface area contributed by atoms with E-state index in [9.17, 15) is 52.4 Å². The number of carbonyl (C=O) groups excluding carboxylic acids is 6. The average molecular weight is 790 g/mol. The first-order valence-corrected chi connectivity index (χ1v) is 18.8. The van der Waals surface area contributed by atoms with Gasteiger partial charge in [0.2, 0.25) is 24.5 Å². The highest BCUT2D eigenvalue weighted by Gasteiger charge is 2.68. The Labute approximate surface area is 311 Å². The van der Waals surface area contributed by atoms with Gasteiger partial charge in [0.05, 0.1) is 16.1 Å². The Morgan fingerprint density at radius 1 is 0.963 bits per heavy atom. The Morgan fingerprint density at radius 3 is 2.20 bits per heavy atom. The monoisotopic (exact) mass is 789 g/mol. The molecule has 21 heteroatoms. The van der Waals surface area contributed by atoms with Crippen LogP contribution in [-0.4, -0.2) is 109 Å². The minimum absolute atomic E-state index is 0.129. The van der Waals surface area contributed by atoms with Crippen LogP contribution in [0.1, 0.15) is 51.3 Å². The first-order valence-electron chi connectivity index (χ1n) is 16.4. The third-order valence-corrected chi connectivity index (χ3v) is 14.2. The van der Waals surface area contributed by atoms with Gasteiger partial charge in [-0.3, -0.25) is 24.5 Å². The Bertz CT molecular complexity index is 2040. The number of sulfone groups is 1. The summed E-state index contributed by atoms with van der Waals surface area (Å²) in [6.45, 7) is 4.85. The van der Waals surface area contributed by atoms with Gasteiger partial charge >= 0.3 is 18.0 Å². The molecule has 4 aliphatic heterocycles. The lowest BCUT2D eigenvalue weighted by atomic mass is 9.95. The SMILES string of the molecule is CC1(C)S[C@@H]2C(NC(=O)C(NC(=O)OCOC(=O)[C@@H]3N4C(=O)C[C@H]4S(=O)(=O)C3(C)C)c3ccc(O)cc3)C(=O)N2[C@H]1C(=O)OCc1ccc([N+](=O)[O-])cc1. The lowest BCUT2D eigenvalue weighted by molar-refractivity contribution is -0.384. The number of ether oxygens (including phenoxy) is 3. The second-order valence-corrected chi connectivity index (χ2v) is 18.4. The van der Waals surface area contributed by atoms with E-state index in [1.54, 1.807) is 13.8 Å². The van der Waals surface area contributed by atoms with Gasteiger partial charge in [0.1, 0.15) is 47.3 Å². The van der Waals surface area contributed by atoms with Crippen molar-refractivity contribution in [2.24, 2.45) is 0 Å². The number of nitrogens with zero attached hydrogens (tertiary/aromatic N) is 3. The average Bonchev–Trinajstić information content (AvgIpc) is 3.43. The molecular formula is C33H35N5O14S2. The van der Waals surface area contributed by atoms with Gasteiger partial charge in [0, 0.05) is 16.9 Å². The summed E-state index contributed by atoms with van der Waals surface area (Å²) in [4.78, 5) is 90.8. The van der Waals surface area contributed by atoms with E-state index in [-0.39, 0.29) is 30.0 Å². The summed E-state index contributed by atoms with van der Waals surface area (Å²) in [6, 6.07) is 5.49. The quantitative estimate of drug-likeness (QED) is 0.0943. The van der Waals surface area contributed by atoms with Crippen LogP contribution in [0.3, 0.4) is 0 Å². The fraction of sp³-hybridized carbons (Fsp3) is 0.455. The number of carbonyl (C=O) groups is 6. The number of amides is 4. The zero-order chi connectivity index (χ0) is 39.5. The van der Waals surface area contributed by atoms with Crippen LogP contribution in [0.25, 0.3) is 0 Å². The maximum atomic E-state index is 13.7. The summed E-state index contributed by atoms with van der Waals surface area (Å²) in [5.41, 5.74) is 0.526. The molecule has 2 aromatic rings. The van der Waals surface area contributed by atoms with Gasteiger partial charge in [-0.05, 0) is 63.1 Å². The number of esters is 2. The molecular weight excluding hydrogens is 755 g/mol. The summed E-state index contributed by atoms with van der Waals surface area (Å²) in [5.74, 6) is -3.97. The number of thioether (sulfide) groups is 1. The number of nitro groups is 1. The highest BCUT2D eigenvalue weighted by atomic mass is 32.2. The van der Waals surface area contributed by atoms with Crippen LogP contribution >= 0.6 is 11.8 Å². The molecule has 2 unspecified atom stereocenters. The number of non-ortho nitro benzene ring substituents is 1. The molecule has 2 aromatic carbocycles. The Hall–Kier alpha value is -5.44. The lowest BCUT2D eigenvalue weighted by Crippen LogP contribution is -2.71. The van der Waals surface area contributed by atoms with Crippen molar-refractivity contribution < 1.29 is 61.4 Å². The van der Waals surface area contributed by atoms with Crippen molar-refractivity contribution in [3.63, 3.8) is 0 Å². The standard InChI is InChI=1S/C33H35N5O14S2/c1-32(2)24(29(43)50-14-16-5-9-18(10-6-16)38(46)47)37-27(42)23(28(37)53-32)34-26(41)22(17-7-11-19(39)12-8-17)35-31(45)52-15-51-30(44)25-33(3,4)54(48,49)21-13-20(40)36(21)25/h5-12,21-25,28,39H,13-15H2,1-4H3,(H,34,41)(H,35,45)/t21-,22?,23?,24+,25+,28-/m1/s1. The van der Waals surface area contributed by atoms with Crippen molar-refractivity contribution >= 4 is 63.0 Å². The molecule has 4 saturated heterocycles. The van der Waals surface area contributed by atoms with Gasteiger partial charge in [-0.1, -0.05) is 12.1 Å². The molecule has 4 fully saturated rings. The van der Waals surface area contributed by atoms with Crippen LogP contribution in [0.4, 0.5) is 10.5 Å². The van der Waals surface area contributed by atoms with Gasteiger partial charge < -0.3 is 39.8 Å². The van der Waals surface area contributed by atoms with Crippen molar-refractivity contribution in [3.05, 3.63) is 69.8 Å². The van der Waals surface area contributed by atoms with Crippen molar-refractivity contribution in [3.8, 4) is 5.75 Å². The molecule has 3 N–H and O–H groups in total. The topological polar surface area (TPSA) is 258 Å². The zero-order valence-electron chi connectivity index (χ0n) is 29.1. The summed E-state index contributed by atoms with van der Waals surface area (Å²) in [6.07, 6.45) is -1.50. The number of phenolic OH excluding ortho intramolecular Hbond substituents is 1. The maximum absolute atomic E-state index is 13.7. The predicted octanol–water partition coefficient (Wildman–Crippen LogP) is 0.993. The highest BCUT2D eigenvalue weighted by Crippen LogP contribution is 2.51. The Kier molecular flexibility index (Phi) is 9.76. The fourth-order valence-electron chi connectivity index (χ4n) is 6.87. The molecule has 4 amide bonds. The van der Waals surface area contributed by atoms with Crippen LogP contribution in [0, 0.1) is 10.1 Å². The predicted molar refractivity (Wildman–Crippen MR) is 184 cm³/mol. The minimum atomic E-state index is -3.89. The third kappa shape index (κ3) is 6.54. The van der Waals surface area contributed by atoms with E-state index in [2.05, 4.69) is 10.6 Å². The van der Waals surface area contributed by atoms with E-state index in [1.807, 2.05) is 0 Å². The molecule has 54 heavy (non-hydrogen) atoms. The van der Waals surface area contributed by atoms with Crippen molar-refractivity contribution in [1.29, 1.82) is 0 Å². The molecule has 0 radical (unpaired) electrons. The number of fused-ring (bicyclic) bond motifs is 2. The second-order valence-electron chi connectivity index (χ2n) is 14.0. The second kappa shape index (κ2) is 13.8. The number of hydrogen-bond donors (Lipinski definition) is 3. The molecule has 0 bridgehead atoms. The van der Waals surface area contributed by atoms with Gasteiger partial charge in [0.25, 0.3) is 5.69 Å². The third-order valence-electron chi connectivity index (χ3n) is 9.83. The van der Waals surface area contributed by atoms with E-state index in [0.29, 0.717) is 5.56 Å². The maximum Gasteiger partial charge on any atom is 0.410 e. The van der Waals surface area contributed by atoms with Crippen LogP contribution in [0.15, 0.2) is 48.5 Å². The van der Waals surface area contributed by atoms with Gasteiger partial charge in [-0.25, -0.2) is 22.8 Å². The van der Waals surface area contributed by atoms with E-state index >= 15 is 0 Å². The number of nitrogens with one attached hydrogen (secondary N) is 2. The van der Waals surface area contributed by atoms with Gasteiger partial charge in [-0.15, -0.1) is 11.8 Å². The van der Waals surface area contributed by atoms with Gasteiger partial charge in [0.15, 0.2) is 9.84 Å². The summed E-state index contributed by atoms with van der Waals surface area (Å²) < 4.78 is 38.5. The van der Waals surface area contributed by atoms with Crippen LogP contribution in [0.2, 0.25) is 0 Å². The van der Waals surface area contributed by atoms with E-state index in [0.717, 1.165) is 4.90 Å². The first-order chi connectivity index (χ1) is 25.3. The van der Waals surface area contributed by atoms with Crippen LogP contribution in [-0.2, 0) is 54.6 Å². The summed E-state index contributed by atoms with van der Waals surface area (Å²) in [5, 5.41) is 23.8. The van der Waals surface area contributed by atoms with Crippen molar-refractivity contribution in [1.82, 2.24) is 20.4 Å². The number of nitro benzene ring substituents is 1. The first kappa shape index (κ1) is 38.3. The normalized spacial score (nSPS) is 25.9. The minimum Gasteiger partial charge on any atom is -0.508 e. The molecule has 19 nitrogen and oxygen atoms in total. The molecule has 288 valence electrons. The molecule has 0 aliphatic carbocycles. The van der Waals surface area contributed by atoms with Crippen LogP contribution in [0.5, 0.6) is 5.75 Å².